The van der Waals surface area contributed by atoms with Gasteiger partial charge in [-0.3, -0.25) is 0 Å². The fraction of sp³-hybridized carbons (Fsp3) is 0. The maximum atomic E-state index is 4.26. The van der Waals surface area contributed by atoms with Gasteiger partial charge >= 0.3 is 0 Å². The summed E-state index contributed by atoms with van der Waals surface area (Å²) in [5.41, 5.74) is 0. The van der Waals surface area contributed by atoms with E-state index in [9.17, 15) is 0 Å². The van der Waals surface area contributed by atoms with Crippen molar-refractivity contribution in [2.24, 2.45) is 0 Å². The van der Waals surface area contributed by atoms with Crippen molar-refractivity contribution in [1.82, 2.24) is 0 Å². The molecule has 0 N–H and O–H groups in total. The predicted molar refractivity (Wildman–Crippen MR) is 41.8 cm³/mol. The Hall–Kier alpha value is 3.30. The fourth-order valence-electron chi connectivity index (χ4n) is 0. The fourth-order valence-corrected chi connectivity index (χ4v) is 0. The van der Waals surface area contributed by atoms with Crippen LogP contribution in [-0.2, 0) is 51.8 Å². The van der Waals surface area contributed by atoms with E-state index in [4.69, 9.17) is 0 Å². The van der Waals surface area contributed by atoms with E-state index in [-0.39, 0.29) is 97.5 Å². The molecule has 0 saturated carbocycles. The first kappa shape index (κ1) is 55.9. The molecule has 0 heterocycles. The van der Waals surface area contributed by atoms with Crippen molar-refractivity contribution in [1.29, 1.82) is 0 Å². The third kappa shape index (κ3) is 89.8. The summed E-state index contributed by atoms with van der Waals surface area (Å²) < 4.78 is 3.19. The number of hydrogen-bond donors (Lipinski definition) is 0. The largest absolute Gasteiger partial charge is 0.166 e. The first-order chi connectivity index (χ1) is 1.41. The Morgan fingerprint density at radius 3 is 0.778 bits per heavy atom. The van der Waals surface area contributed by atoms with Crippen molar-refractivity contribution in [2.45, 2.75) is 0 Å². The molecular formula is H4Cl6OTiZr. The van der Waals surface area contributed by atoms with Gasteiger partial charge in [0.2, 0.25) is 0 Å². The van der Waals surface area contributed by atoms with Crippen LogP contribution >= 0.6 is 73.4 Å². The molecule has 0 amide bonds. The molecule has 0 aromatic rings. The minimum Gasteiger partial charge on any atom is -0.166 e. The average molecular weight is 372 g/mol. The van der Waals surface area contributed by atoms with E-state index in [1.165, 1.54) is 0 Å². The first-order valence-electron chi connectivity index (χ1n) is 0.309. The van der Waals surface area contributed by atoms with Crippen LogP contribution in [-0.4, -0.2) is 0 Å². The maximum absolute atomic E-state index is 4.26. The molecule has 0 saturated heterocycles. The molecule has 0 rings (SSSR count). The molecule has 0 aliphatic heterocycles. The van der Waals surface area contributed by atoms with Gasteiger partial charge in [0.1, 0.15) is 0 Å². The molecule has 0 spiro atoms. The molecule has 0 aromatic carbocycles. The zero-order valence-corrected chi connectivity index (χ0v) is 12.6. The normalized spacial score (nSPS) is 2.00. The molecule has 0 unspecified atom stereocenters. The van der Waals surface area contributed by atoms with Gasteiger partial charge in [-0.25, -0.2) is 0 Å². The first-order valence-corrected chi connectivity index (χ1v) is 0.926. The van der Waals surface area contributed by atoms with Crippen LogP contribution in [0.3, 0.4) is 0 Å². The van der Waals surface area contributed by atoms with Crippen molar-refractivity contribution in [3.8, 4) is 0 Å². The van der Waals surface area contributed by atoms with Crippen molar-refractivity contribution in [3.63, 3.8) is 0 Å². The van der Waals surface area contributed by atoms with E-state index in [2.05, 4.69) is 27.6 Å². The van der Waals surface area contributed by atoms with E-state index in [0.29, 0.717) is 0 Å². The molecule has 9 heavy (non-hydrogen) atoms. The molecule has 9 heteroatoms. The summed E-state index contributed by atoms with van der Waals surface area (Å²) >= 11 is 8.53. The molecule has 1 nitrogen and oxygen atoms in total. The Kier molecular flexibility index (Phi) is 403. The summed E-state index contributed by atoms with van der Waals surface area (Å²) in [5, 5.41) is 0. The minimum atomic E-state index is 0. The monoisotopic (exact) mass is 368 g/mol. The standard InChI is InChI=1S/Cl2O.4ClH.Ti.Zr/c1-3-2;;;;;;/h;4*1H;;. The second-order valence-electron chi connectivity index (χ2n) is 0.0583. The number of halogens is 6. The molecule has 0 atom stereocenters. The van der Waals surface area contributed by atoms with Gasteiger partial charge in [-0.15, -0.1) is 49.6 Å². The van der Waals surface area contributed by atoms with Gasteiger partial charge in [-0.2, -0.15) is 3.84 Å². The summed E-state index contributed by atoms with van der Waals surface area (Å²) in [6, 6.07) is 0. The zero-order valence-electron chi connectivity index (χ0n) is 3.80. The van der Waals surface area contributed by atoms with Gasteiger partial charge in [-0.05, 0) is 0 Å². The van der Waals surface area contributed by atoms with Crippen LogP contribution in [0.4, 0.5) is 0 Å². The summed E-state index contributed by atoms with van der Waals surface area (Å²) in [6.45, 7) is 0. The van der Waals surface area contributed by atoms with Crippen molar-refractivity contribution >= 4 is 73.4 Å². The quantitative estimate of drug-likeness (QED) is 0.595. The van der Waals surface area contributed by atoms with Gasteiger partial charge < -0.3 is 0 Å². The van der Waals surface area contributed by atoms with E-state index in [1.807, 2.05) is 0 Å². The second-order valence-corrected chi connectivity index (χ2v) is 0.525. The number of rotatable bonds is 0. The second kappa shape index (κ2) is 64.9. The van der Waals surface area contributed by atoms with Crippen LogP contribution in [0, 0.1) is 0 Å². The SMILES string of the molecule is Cl.Cl.Cl.Cl.ClOCl.[Ti].[Zr]. The van der Waals surface area contributed by atoms with Crippen molar-refractivity contribution in [3.05, 3.63) is 0 Å². The maximum Gasteiger partial charge on any atom is 0.0832 e. The average Bonchev–Trinajstić information content (AvgIpc) is 0.918. The third-order valence-corrected chi connectivity index (χ3v) is 0. The Bertz CT molecular complexity index is 13.0. The van der Waals surface area contributed by atoms with Gasteiger partial charge in [0.25, 0.3) is 0 Å². The van der Waals surface area contributed by atoms with E-state index >= 15 is 0 Å². The van der Waals surface area contributed by atoms with Crippen LogP contribution in [0.2, 0.25) is 0 Å². The van der Waals surface area contributed by atoms with Gasteiger partial charge in [-0.1, -0.05) is 0 Å². The van der Waals surface area contributed by atoms with Gasteiger partial charge in [0, 0.05) is 47.9 Å². The van der Waals surface area contributed by atoms with Gasteiger partial charge in [0.15, 0.2) is 0 Å². The van der Waals surface area contributed by atoms with Crippen LogP contribution < -0.4 is 0 Å². The molecule has 0 radical (unpaired) electrons. The summed E-state index contributed by atoms with van der Waals surface area (Å²) in [4.78, 5) is 0. The molecule has 0 bridgehead atoms. The number of hydrogen-bond acceptors (Lipinski definition) is 1. The topological polar surface area (TPSA) is 9.23 Å². The Labute approximate surface area is 123 Å². The molecule has 0 fully saturated rings. The summed E-state index contributed by atoms with van der Waals surface area (Å²) in [6.07, 6.45) is 0. The molecule has 0 aliphatic carbocycles. The molecule has 60 valence electrons. The van der Waals surface area contributed by atoms with Crippen molar-refractivity contribution in [2.75, 3.05) is 0 Å². The van der Waals surface area contributed by atoms with Crippen LogP contribution in [0.1, 0.15) is 0 Å². The van der Waals surface area contributed by atoms with E-state index < -0.39 is 0 Å². The Balaban J connectivity index is -0.00000000133. The van der Waals surface area contributed by atoms with E-state index in [1.54, 1.807) is 0 Å². The minimum absolute atomic E-state index is 0. The Morgan fingerprint density at radius 2 is 0.778 bits per heavy atom. The van der Waals surface area contributed by atoms with Crippen LogP contribution in [0.25, 0.3) is 0 Å². The summed E-state index contributed by atoms with van der Waals surface area (Å²) in [7, 11) is 0. The summed E-state index contributed by atoms with van der Waals surface area (Å²) in [5.74, 6) is 0. The van der Waals surface area contributed by atoms with Crippen LogP contribution in [0.15, 0.2) is 0 Å². The van der Waals surface area contributed by atoms with Crippen LogP contribution in [0.5, 0.6) is 0 Å². The Morgan fingerprint density at radius 1 is 0.778 bits per heavy atom. The molecule has 0 aromatic heterocycles. The predicted octanol–water partition coefficient (Wildman–Crippen LogP) is 2.99. The van der Waals surface area contributed by atoms with Crippen molar-refractivity contribution < 1.29 is 51.8 Å². The zero-order chi connectivity index (χ0) is 2.71. The third-order valence-electron chi connectivity index (χ3n) is 0. The smallest absolute Gasteiger partial charge is 0.0832 e. The van der Waals surface area contributed by atoms with Gasteiger partial charge in [0.05, 0.1) is 23.7 Å². The molecular weight excluding hydrogens is 368 g/mol. The van der Waals surface area contributed by atoms with E-state index in [0.717, 1.165) is 0 Å². The molecule has 0 aliphatic rings.